The minimum absolute atomic E-state index is 0.355. The minimum Gasteiger partial charge on any atom is -0.399 e. The van der Waals surface area contributed by atoms with Crippen molar-refractivity contribution in [3.8, 4) is 5.69 Å². The van der Waals surface area contributed by atoms with E-state index in [-0.39, 0.29) is 18.3 Å². The van der Waals surface area contributed by atoms with Crippen LogP contribution in [0, 0.1) is 0 Å². The van der Waals surface area contributed by atoms with Gasteiger partial charge in [-0.15, -0.1) is 0 Å². The van der Waals surface area contributed by atoms with E-state index in [9.17, 15) is 0 Å². The molecule has 0 amide bonds. The Kier molecular flexibility index (Phi) is 3.70. The van der Waals surface area contributed by atoms with Crippen molar-refractivity contribution >= 4 is 34.5 Å². The van der Waals surface area contributed by atoms with E-state index in [1.54, 1.807) is 0 Å². The van der Waals surface area contributed by atoms with Crippen LogP contribution in [0.2, 0.25) is 0 Å². The molecule has 0 N–H and O–H groups in total. The van der Waals surface area contributed by atoms with Gasteiger partial charge in [0.15, 0.2) is 0 Å². The van der Waals surface area contributed by atoms with Gasteiger partial charge < -0.3 is 9.31 Å². The predicted octanol–water partition coefficient (Wildman–Crippen LogP) is 4.48. The molecule has 5 heteroatoms. The van der Waals surface area contributed by atoms with E-state index >= 15 is 0 Å². The van der Waals surface area contributed by atoms with Crippen molar-refractivity contribution in [1.29, 1.82) is 0 Å². The predicted molar refractivity (Wildman–Crippen MR) is 114 cm³/mol. The Hall–Kier alpha value is -2.63. The van der Waals surface area contributed by atoms with Crippen molar-refractivity contribution in [3.63, 3.8) is 0 Å². The summed E-state index contributed by atoms with van der Waals surface area (Å²) in [6, 6.07) is 20.9. The summed E-state index contributed by atoms with van der Waals surface area (Å²) in [6.07, 6.45) is 1.84. The van der Waals surface area contributed by atoms with Crippen LogP contribution in [0.1, 0.15) is 27.7 Å². The molecule has 28 heavy (non-hydrogen) atoms. The molecule has 0 atom stereocenters. The van der Waals surface area contributed by atoms with Gasteiger partial charge in [-0.2, -0.15) is 0 Å². The molecule has 4 nitrogen and oxygen atoms in total. The van der Waals surface area contributed by atoms with Crippen LogP contribution in [0.4, 0.5) is 0 Å². The van der Waals surface area contributed by atoms with E-state index < -0.39 is 0 Å². The fourth-order valence-electron chi connectivity index (χ4n) is 3.83. The lowest BCUT2D eigenvalue weighted by atomic mass is 9.78. The lowest BCUT2D eigenvalue weighted by Crippen LogP contribution is -2.41. The molecule has 1 aliphatic heterocycles. The molecule has 0 aliphatic carbocycles. The number of benzene rings is 2. The number of hydrogen-bond donors (Lipinski definition) is 0. The molecule has 1 saturated heterocycles. The fraction of sp³-hybridized carbons (Fsp3) is 0.261. The Morgan fingerprint density at radius 2 is 1.54 bits per heavy atom. The molecule has 0 saturated carbocycles. The van der Waals surface area contributed by atoms with Gasteiger partial charge in [0.1, 0.15) is 5.65 Å². The Balaban J connectivity index is 1.71. The first kappa shape index (κ1) is 17.5. The molecule has 0 bridgehead atoms. The Morgan fingerprint density at radius 1 is 0.821 bits per heavy atom. The van der Waals surface area contributed by atoms with Gasteiger partial charge in [0.05, 0.1) is 16.7 Å². The molecule has 0 unspecified atom stereocenters. The van der Waals surface area contributed by atoms with Crippen LogP contribution in [0.25, 0.3) is 27.6 Å². The number of hydrogen-bond acceptors (Lipinski definition) is 3. The van der Waals surface area contributed by atoms with Gasteiger partial charge in [0.2, 0.25) is 0 Å². The Morgan fingerprint density at radius 3 is 2.25 bits per heavy atom. The summed E-state index contributed by atoms with van der Waals surface area (Å²) in [5.74, 6) is 0. The summed E-state index contributed by atoms with van der Waals surface area (Å²) in [5.41, 5.74) is 3.50. The zero-order chi connectivity index (χ0) is 19.5. The third-order valence-corrected chi connectivity index (χ3v) is 6.09. The topological polar surface area (TPSA) is 36.3 Å². The molecular formula is C23H23BN2O2. The largest absolute Gasteiger partial charge is 0.494 e. The Labute approximate surface area is 165 Å². The van der Waals surface area contributed by atoms with Crippen LogP contribution in [-0.2, 0) is 9.31 Å². The summed E-state index contributed by atoms with van der Waals surface area (Å²) in [7, 11) is -0.374. The number of para-hydroxylation sites is 1. The first-order valence-electron chi connectivity index (χ1n) is 9.68. The number of nitrogens with zero attached hydrogens (tertiary/aromatic N) is 2. The van der Waals surface area contributed by atoms with Crippen molar-refractivity contribution in [1.82, 2.24) is 9.55 Å². The van der Waals surface area contributed by atoms with Crippen LogP contribution >= 0.6 is 0 Å². The highest BCUT2D eigenvalue weighted by Crippen LogP contribution is 2.37. The van der Waals surface area contributed by atoms with E-state index in [0.717, 1.165) is 33.1 Å². The number of pyridine rings is 1. The highest BCUT2D eigenvalue weighted by molar-refractivity contribution is 6.62. The highest BCUT2D eigenvalue weighted by atomic mass is 16.7. The summed E-state index contributed by atoms with van der Waals surface area (Å²) < 4.78 is 14.7. The van der Waals surface area contributed by atoms with Crippen molar-refractivity contribution in [3.05, 3.63) is 66.9 Å². The molecule has 4 aromatic rings. The van der Waals surface area contributed by atoms with Gasteiger partial charge in [-0.3, -0.25) is 4.57 Å². The zero-order valence-electron chi connectivity index (χ0n) is 16.6. The normalized spacial score (nSPS) is 18.2. The van der Waals surface area contributed by atoms with E-state index in [2.05, 4.69) is 85.8 Å². The van der Waals surface area contributed by atoms with Gasteiger partial charge in [0.25, 0.3) is 0 Å². The lowest BCUT2D eigenvalue weighted by Gasteiger charge is -2.32. The molecule has 2 aromatic heterocycles. The van der Waals surface area contributed by atoms with Gasteiger partial charge >= 0.3 is 7.12 Å². The average molecular weight is 370 g/mol. The van der Waals surface area contributed by atoms with Gasteiger partial charge in [-0.25, -0.2) is 4.98 Å². The first-order valence-corrected chi connectivity index (χ1v) is 9.68. The average Bonchev–Trinajstić information content (AvgIpc) is 3.12. The molecule has 1 aliphatic rings. The summed E-state index contributed by atoms with van der Waals surface area (Å²) in [5, 5.41) is 2.28. The third kappa shape index (κ3) is 2.50. The molecule has 2 aromatic carbocycles. The van der Waals surface area contributed by atoms with Crippen LogP contribution in [0.5, 0.6) is 0 Å². The number of fused-ring (bicyclic) bond motifs is 3. The molecule has 3 heterocycles. The van der Waals surface area contributed by atoms with Gasteiger partial charge in [0, 0.05) is 22.7 Å². The number of aromatic nitrogens is 2. The van der Waals surface area contributed by atoms with Crippen LogP contribution in [-0.4, -0.2) is 27.9 Å². The molecule has 5 rings (SSSR count). The number of rotatable bonds is 2. The SMILES string of the molecule is CC1(C)OB(c2ccc3c(c2)c2cccnc2n3-c2ccccc2)OC1(C)C. The monoisotopic (exact) mass is 370 g/mol. The van der Waals surface area contributed by atoms with E-state index in [0.29, 0.717) is 0 Å². The second kappa shape index (κ2) is 5.93. The van der Waals surface area contributed by atoms with Crippen LogP contribution in [0.3, 0.4) is 0 Å². The van der Waals surface area contributed by atoms with Crippen molar-refractivity contribution in [2.45, 2.75) is 38.9 Å². The molecule has 0 spiro atoms. The summed E-state index contributed by atoms with van der Waals surface area (Å²) in [4.78, 5) is 4.67. The lowest BCUT2D eigenvalue weighted by molar-refractivity contribution is 0.00578. The highest BCUT2D eigenvalue weighted by Gasteiger charge is 2.51. The Bertz CT molecular complexity index is 1170. The maximum atomic E-state index is 6.26. The van der Waals surface area contributed by atoms with E-state index in [4.69, 9.17) is 9.31 Å². The quantitative estimate of drug-likeness (QED) is 0.488. The molecule has 1 fully saturated rings. The van der Waals surface area contributed by atoms with Crippen molar-refractivity contribution < 1.29 is 9.31 Å². The first-order chi connectivity index (χ1) is 13.4. The zero-order valence-corrected chi connectivity index (χ0v) is 16.6. The minimum atomic E-state index is -0.374. The maximum absolute atomic E-state index is 6.26. The molecule has 140 valence electrons. The van der Waals surface area contributed by atoms with Gasteiger partial charge in [-0.1, -0.05) is 30.3 Å². The second-order valence-electron chi connectivity index (χ2n) is 8.41. The molecule has 0 radical (unpaired) electrons. The smallest absolute Gasteiger partial charge is 0.399 e. The van der Waals surface area contributed by atoms with Crippen LogP contribution in [0.15, 0.2) is 66.9 Å². The van der Waals surface area contributed by atoms with Crippen molar-refractivity contribution in [2.75, 3.05) is 0 Å². The van der Waals surface area contributed by atoms with Crippen molar-refractivity contribution in [2.24, 2.45) is 0 Å². The maximum Gasteiger partial charge on any atom is 0.494 e. The van der Waals surface area contributed by atoms with Crippen LogP contribution < -0.4 is 5.46 Å². The third-order valence-electron chi connectivity index (χ3n) is 6.09. The fourth-order valence-corrected chi connectivity index (χ4v) is 3.83. The molecular weight excluding hydrogens is 347 g/mol. The van der Waals surface area contributed by atoms with E-state index in [1.165, 1.54) is 0 Å². The van der Waals surface area contributed by atoms with E-state index in [1.807, 2.05) is 18.3 Å². The summed E-state index contributed by atoms with van der Waals surface area (Å²) >= 11 is 0. The second-order valence-corrected chi connectivity index (χ2v) is 8.41. The summed E-state index contributed by atoms with van der Waals surface area (Å²) in [6.45, 7) is 8.32. The standard InChI is InChI=1S/C23H23BN2O2/c1-22(2)23(3,4)28-24(27-22)16-12-13-20-19(15-16)18-11-8-14-25-21(18)26(20)17-9-6-5-7-10-17/h5-15H,1-4H3. The van der Waals surface area contributed by atoms with Gasteiger partial charge in [-0.05, 0) is 63.5 Å².